The predicted octanol–water partition coefficient (Wildman–Crippen LogP) is 2.09. The third-order valence-electron chi connectivity index (χ3n) is 3.70. The average molecular weight is 275 g/mol. The van der Waals surface area contributed by atoms with E-state index < -0.39 is 0 Å². The van der Waals surface area contributed by atoms with Crippen molar-refractivity contribution in [1.82, 2.24) is 14.8 Å². The van der Waals surface area contributed by atoms with Crippen molar-refractivity contribution in [2.45, 2.75) is 37.8 Å². The van der Waals surface area contributed by atoms with Gasteiger partial charge in [0.1, 0.15) is 18.3 Å². The molecule has 0 aliphatic heterocycles. The van der Waals surface area contributed by atoms with Crippen molar-refractivity contribution in [3.8, 4) is 5.69 Å². The molecule has 6 heteroatoms. The van der Waals surface area contributed by atoms with Gasteiger partial charge in [-0.2, -0.15) is 5.10 Å². The van der Waals surface area contributed by atoms with E-state index in [0.29, 0.717) is 11.7 Å². The van der Waals surface area contributed by atoms with Crippen molar-refractivity contribution in [3.63, 3.8) is 0 Å². The van der Waals surface area contributed by atoms with Crippen LogP contribution in [0.5, 0.6) is 0 Å². The minimum atomic E-state index is -0.319. The summed E-state index contributed by atoms with van der Waals surface area (Å²) in [5.74, 6) is -0.319. The molecule has 1 heterocycles. The molecule has 0 radical (unpaired) electrons. The molecule has 3 N–H and O–H groups in total. The van der Waals surface area contributed by atoms with Crippen LogP contribution >= 0.6 is 0 Å². The van der Waals surface area contributed by atoms with Crippen molar-refractivity contribution in [3.05, 3.63) is 36.7 Å². The summed E-state index contributed by atoms with van der Waals surface area (Å²) >= 11 is 0. The molecule has 0 bridgehead atoms. The Balaban J connectivity index is 1.74. The molecule has 20 heavy (non-hydrogen) atoms. The van der Waals surface area contributed by atoms with Gasteiger partial charge in [0.15, 0.2) is 5.82 Å². The average Bonchev–Trinajstić information content (AvgIpc) is 2.92. The maximum Gasteiger partial charge on any atom is 0.150 e. The number of nitrogens with one attached hydrogen (secondary N) is 1. The lowest BCUT2D eigenvalue weighted by Crippen LogP contribution is -2.34. The van der Waals surface area contributed by atoms with Crippen LogP contribution in [0.4, 0.5) is 10.1 Å². The van der Waals surface area contributed by atoms with E-state index in [-0.39, 0.29) is 11.9 Å². The topological polar surface area (TPSA) is 68.8 Å². The Labute approximate surface area is 117 Å². The molecule has 3 rings (SSSR count). The lowest BCUT2D eigenvalue weighted by molar-refractivity contribution is 0.409. The number of hydrogen-bond acceptors (Lipinski definition) is 4. The van der Waals surface area contributed by atoms with Gasteiger partial charge in [-0.25, -0.2) is 14.1 Å². The molecule has 0 saturated heterocycles. The minimum Gasteiger partial charge on any atom is -0.382 e. The highest BCUT2D eigenvalue weighted by atomic mass is 19.1. The van der Waals surface area contributed by atoms with Crippen molar-refractivity contribution in [1.29, 1.82) is 0 Å². The van der Waals surface area contributed by atoms with Crippen LogP contribution in [0.25, 0.3) is 5.69 Å². The first-order valence-electron chi connectivity index (χ1n) is 6.89. The van der Waals surface area contributed by atoms with Crippen molar-refractivity contribution in [2.75, 3.05) is 5.32 Å². The van der Waals surface area contributed by atoms with E-state index in [1.165, 1.54) is 23.4 Å². The molecule has 1 aromatic heterocycles. The molecule has 0 spiro atoms. The zero-order valence-electron chi connectivity index (χ0n) is 11.2. The van der Waals surface area contributed by atoms with Crippen molar-refractivity contribution >= 4 is 5.69 Å². The molecule has 106 valence electrons. The van der Waals surface area contributed by atoms with E-state index in [1.54, 1.807) is 6.07 Å². The zero-order chi connectivity index (χ0) is 13.9. The summed E-state index contributed by atoms with van der Waals surface area (Å²) in [5.41, 5.74) is 7.14. The highest BCUT2D eigenvalue weighted by molar-refractivity contribution is 5.50. The smallest absolute Gasteiger partial charge is 0.150 e. The lowest BCUT2D eigenvalue weighted by Gasteiger charge is -2.28. The van der Waals surface area contributed by atoms with Gasteiger partial charge in [-0.3, -0.25) is 0 Å². The Hall–Kier alpha value is -1.95. The van der Waals surface area contributed by atoms with Gasteiger partial charge >= 0.3 is 0 Å². The molecule has 1 fully saturated rings. The normalized spacial score (nSPS) is 22.7. The number of benzene rings is 1. The second-order valence-corrected chi connectivity index (χ2v) is 5.27. The Bertz CT molecular complexity index is 569. The molecular formula is C14H18FN5. The van der Waals surface area contributed by atoms with Crippen LogP contribution in [-0.2, 0) is 0 Å². The SMILES string of the molecule is NC1CCCC(Nc2ccc(-n3cncn3)c(F)c2)C1. The highest BCUT2D eigenvalue weighted by Gasteiger charge is 2.19. The zero-order valence-corrected chi connectivity index (χ0v) is 11.2. The van der Waals surface area contributed by atoms with E-state index in [2.05, 4.69) is 15.4 Å². The summed E-state index contributed by atoms with van der Waals surface area (Å²) in [5, 5.41) is 7.29. The Kier molecular flexibility index (Phi) is 3.64. The fourth-order valence-electron chi connectivity index (χ4n) is 2.71. The number of hydrogen-bond donors (Lipinski definition) is 2. The van der Waals surface area contributed by atoms with Crippen molar-refractivity contribution in [2.24, 2.45) is 5.73 Å². The third-order valence-corrected chi connectivity index (χ3v) is 3.70. The van der Waals surface area contributed by atoms with Crippen LogP contribution in [0.3, 0.4) is 0 Å². The number of nitrogens with two attached hydrogens (primary N) is 1. The van der Waals surface area contributed by atoms with Crippen LogP contribution in [-0.4, -0.2) is 26.8 Å². The van der Waals surface area contributed by atoms with Crippen LogP contribution < -0.4 is 11.1 Å². The largest absolute Gasteiger partial charge is 0.382 e. The van der Waals surface area contributed by atoms with Crippen LogP contribution in [0.1, 0.15) is 25.7 Å². The maximum atomic E-state index is 14.1. The summed E-state index contributed by atoms with van der Waals surface area (Å²) in [6.45, 7) is 0. The van der Waals surface area contributed by atoms with E-state index in [0.717, 1.165) is 31.4 Å². The molecule has 2 aromatic rings. The second kappa shape index (κ2) is 5.58. The first-order valence-corrected chi connectivity index (χ1v) is 6.89. The van der Waals surface area contributed by atoms with Gasteiger partial charge in [-0.1, -0.05) is 0 Å². The lowest BCUT2D eigenvalue weighted by atomic mass is 9.91. The maximum absolute atomic E-state index is 14.1. The molecule has 2 atom stereocenters. The van der Waals surface area contributed by atoms with Gasteiger partial charge in [0.25, 0.3) is 0 Å². The number of halogens is 1. The van der Waals surface area contributed by atoms with Crippen LogP contribution in [0, 0.1) is 5.82 Å². The summed E-state index contributed by atoms with van der Waals surface area (Å²) in [7, 11) is 0. The van der Waals surface area contributed by atoms with E-state index in [4.69, 9.17) is 5.73 Å². The summed E-state index contributed by atoms with van der Waals surface area (Å²) in [6, 6.07) is 5.64. The Morgan fingerprint density at radius 1 is 1.35 bits per heavy atom. The summed E-state index contributed by atoms with van der Waals surface area (Å²) in [6.07, 6.45) is 7.09. The third kappa shape index (κ3) is 2.80. The summed E-state index contributed by atoms with van der Waals surface area (Å²) in [4.78, 5) is 3.82. The first kappa shape index (κ1) is 13.1. The second-order valence-electron chi connectivity index (χ2n) is 5.27. The number of rotatable bonds is 3. The number of nitrogens with zero attached hydrogens (tertiary/aromatic N) is 3. The number of anilines is 1. The van der Waals surface area contributed by atoms with Gasteiger partial charge in [-0.05, 0) is 43.9 Å². The van der Waals surface area contributed by atoms with Gasteiger partial charge in [0.05, 0.1) is 0 Å². The van der Waals surface area contributed by atoms with Crippen LogP contribution in [0.15, 0.2) is 30.9 Å². The molecule has 5 nitrogen and oxygen atoms in total. The van der Waals surface area contributed by atoms with Gasteiger partial charge in [0, 0.05) is 17.8 Å². The first-order chi connectivity index (χ1) is 9.72. The fourth-order valence-corrected chi connectivity index (χ4v) is 2.71. The van der Waals surface area contributed by atoms with E-state index in [1.807, 2.05) is 6.07 Å². The van der Waals surface area contributed by atoms with E-state index in [9.17, 15) is 4.39 Å². The number of aromatic nitrogens is 3. The standard InChI is InChI=1S/C14H18FN5/c15-13-7-12(19-11-3-1-2-10(16)6-11)4-5-14(13)20-9-17-8-18-20/h4-5,7-11,19H,1-3,6,16H2. The highest BCUT2D eigenvalue weighted by Crippen LogP contribution is 2.23. The van der Waals surface area contributed by atoms with Crippen LogP contribution in [0.2, 0.25) is 0 Å². The van der Waals surface area contributed by atoms with Gasteiger partial charge in [-0.15, -0.1) is 0 Å². The quantitative estimate of drug-likeness (QED) is 0.900. The molecule has 0 amide bonds. The molecule has 1 aliphatic rings. The van der Waals surface area contributed by atoms with Crippen molar-refractivity contribution < 1.29 is 4.39 Å². The Morgan fingerprint density at radius 2 is 2.25 bits per heavy atom. The molecule has 2 unspecified atom stereocenters. The monoisotopic (exact) mass is 275 g/mol. The Morgan fingerprint density at radius 3 is 2.95 bits per heavy atom. The van der Waals surface area contributed by atoms with Gasteiger partial charge < -0.3 is 11.1 Å². The van der Waals surface area contributed by atoms with Gasteiger partial charge in [0.2, 0.25) is 0 Å². The minimum absolute atomic E-state index is 0.250. The molecule has 1 aliphatic carbocycles. The molecular weight excluding hydrogens is 257 g/mol. The summed E-state index contributed by atoms with van der Waals surface area (Å²) < 4.78 is 15.5. The molecule has 1 aromatic carbocycles. The molecule has 1 saturated carbocycles. The van der Waals surface area contributed by atoms with E-state index >= 15 is 0 Å². The predicted molar refractivity (Wildman–Crippen MR) is 75.2 cm³/mol. The fraction of sp³-hybridized carbons (Fsp3) is 0.429.